The van der Waals surface area contributed by atoms with Crippen molar-refractivity contribution in [2.75, 3.05) is 11.9 Å². The fourth-order valence-corrected chi connectivity index (χ4v) is 5.65. The van der Waals surface area contributed by atoms with Crippen molar-refractivity contribution in [3.8, 4) is 22.8 Å². The third-order valence-corrected chi connectivity index (χ3v) is 7.97. The predicted octanol–water partition coefficient (Wildman–Crippen LogP) is 8.39. The average molecular weight is 604 g/mol. The van der Waals surface area contributed by atoms with E-state index in [1.54, 1.807) is 23.0 Å². The first-order valence-corrected chi connectivity index (χ1v) is 15.0. The molecule has 0 amide bonds. The molecule has 5 aromatic rings. The van der Waals surface area contributed by atoms with E-state index in [-0.39, 0.29) is 24.0 Å². The fraction of sp³-hybridized carbons (Fsp3) is 0.394. The third kappa shape index (κ3) is 5.93. The van der Waals surface area contributed by atoms with E-state index < -0.39 is 11.9 Å². The maximum atomic E-state index is 13.4. The molecule has 0 radical (unpaired) electrons. The number of aromatic nitrogens is 6. The quantitative estimate of drug-likeness (QED) is 0.192. The highest BCUT2D eigenvalue weighted by Gasteiger charge is 2.35. The number of alkyl halides is 3. The molecule has 1 saturated heterocycles. The lowest BCUT2D eigenvalue weighted by molar-refractivity contribution is -0.140. The lowest BCUT2D eigenvalue weighted by Gasteiger charge is -2.24. The lowest BCUT2D eigenvalue weighted by Crippen LogP contribution is -2.18. The molecule has 6 rings (SSSR count). The number of hydrogen-bond acceptors (Lipinski definition) is 6. The van der Waals surface area contributed by atoms with Gasteiger partial charge in [0.05, 0.1) is 6.33 Å². The summed E-state index contributed by atoms with van der Waals surface area (Å²) in [5.74, 6) is 1.81. The summed E-state index contributed by atoms with van der Waals surface area (Å²) < 4.78 is 49.9. The Kier molecular flexibility index (Phi) is 8.15. The second-order valence-electron chi connectivity index (χ2n) is 11.8. The molecular weight excluding hydrogens is 567 g/mol. The van der Waals surface area contributed by atoms with E-state index in [4.69, 9.17) is 14.7 Å². The average Bonchev–Trinajstić information content (AvgIpc) is 3.66. The molecule has 1 atom stereocenters. The maximum absolute atomic E-state index is 13.4. The third-order valence-electron chi connectivity index (χ3n) is 7.97. The number of hydrogen-bond donors (Lipinski definition) is 1. The molecule has 0 saturated carbocycles. The molecule has 1 unspecified atom stereocenters. The van der Waals surface area contributed by atoms with Gasteiger partial charge in [-0.05, 0) is 50.2 Å². The molecule has 1 N–H and O–H groups in total. The molecular formula is C33H36F3N7O. The van der Waals surface area contributed by atoms with Gasteiger partial charge in [-0.1, -0.05) is 62.4 Å². The highest BCUT2D eigenvalue weighted by atomic mass is 19.4. The number of halogens is 3. The normalized spacial score (nSPS) is 15.9. The first-order valence-electron chi connectivity index (χ1n) is 15.0. The van der Waals surface area contributed by atoms with Gasteiger partial charge in [0.1, 0.15) is 17.6 Å². The molecule has 0 bridgehead atoms. The molecule has 1 aliphatic rings. The van der Waals surface area contributed by atoms with Gasteiger partial charge in [-0.2, -0.15) is 13.2 Å². The molecule has 11 heteroatoms. The van der Waals surface area contributed by atoms with E-state index in [9.17, 15) is 13.2 Å². The molecule has 0 aliphatic carbocycles. The van der Waals surface area contributed by atoms with Gasteiger partial charge in [0.15, 0.2) is 23.0 Å². The van der Waals surface area contributed by atoms with Crippen LogP contribution >= 0.6 is 0 Å². The Morgan fingerprint density at radius 2 is 1.75 bits per heavy atom. The van der Waals surface area contributed by atoms with Gasteiger partial charge in [-0.25, -0.2) is 19.9 Å². The van der Waals surface area contributed by atoms with E-state index in [0.717, 1.165) is 47.7 Å². The first-order chi connectivity index (χ1) is 21.1. The zero-order valence-electron chi connectivity index (χ0n) is 25.3. The summed E-state index contributed by atoms with van der Waals surface area (Å²) in [5, 5.41) is 3.50. The molecule has 8 nitrogen and oxygen atoms in total. The minimum atomic E-state index is -4.51. The van der Waals surface area contributed by atoms with Crippen LogP contribution in [0.3, 0.4) is 0 Å². The lowest BCUT2D eigenvalue weighted by atomic mass is 9.97. The SMILES string of the molecule is CC(C)c1ccccc1-c1nc(NCc2ccc(-c3nc(C(F)(F)F)cn3C(C)C)cc2)c2c(ncn2C2CCCCO2)n1. The van der Waals surface area contributed by atoms with Gasteiger partial charge < -0.3 is 14.6 Å². The van der Waals surface area contributed by atoms with Crippen molar-refractivity contribution in [3.63, 3.8) is 0 Å². The Labute approximate surface area is 254 Å². The van der Waals surface area contributed by atoms with Crippen molar-refractivity contribution >= 4 is 17.0 Å². The summed E-state index contributed by atoms with van der Waals surface area (Å²) in [7, 11) is 0. The predicted molar refractivity (Wildman–Crippen MR) is 164 cm³/mol. The summed E-state index contributed by atoms with van der Waals surface area (Å²) >= 11 is 0. The van der Waals surface area contributed by atoms with Crippen molar-refractivity contribution in [2.24, 2.45) is 0 Å². The van der Waals surface area contributed by atoms with Crippen LogP contribution in [0.25, 0.3) is 33.9 Å². The van der Waals surface area contributed by atoms with Crippen LogP contribution in [0.15, 0.2) is 61.1 Å². The standard InChI is InChI=1S/C33H36F3N7O/c1-20(2)24-9-5-6-10-25(24)29-40-30(28-31(41-29)38-19-43(28)27-11-7-8-16-44-27)37-17-22-12-14-23(15-13-22)32-39-26(33(34,35)36)18-42(32)21(3)4/h5-6,9-10,12-15,18-21,27H,7-8,11,16-17H2,1-4H3,(H,37,40,41). The van der Waals surface area contributed by atoms with E-state index in [1.165, 1.54) is 0 Å². The number of anilines is 1. The molecule has 44 heavy (non-hydrogen) atoms. The summed E-state index contributed by atoms with van der Waals surface area (Å²) in [6.07, 6.45) is 1.18. The molecule has 2 aromatic carbocycles. The van der Waals surface area contributed by atoms with E-state index in [1.807, 2.05) is 48.7 Å². The van der Waals surface area contributed by atoms with Gasteiger partial charge in [0, 0.05) is 36.5 Å². The monoisotopic (exact) mass is 603 g/mol. The topological polar surface area (TPSA) is 82.7 Å². The number of nitrogens with zero attached hydrogens (tertiary/aromatic N) is 6. The number of imidazole rings is 2. The maximum Gasteiger partial charge on any atom is 0.434 e. The van der Waals surface area contributed by atoms with E-state index >= 15 is 0 Å². The van der Waals surface area contributed by atoms with Crippen molar-refractivity contribution in [2.45, 2.75) is 77.9 Å². The summed E-state index contributed by atoms with van der Waals surface area (Å²) in [4.78, 5) is 18.5. The number of ether oxygens (including phenoxy) is 1. The summed E-state index contributed by atoms with van der Waals surface area (Å²) in [6, 6.07) is 15.4. The van der Waals surface area contributed by atoms with Crippen LogP contribution in [0.5, 0.6) is 0 Å². The minimum absolute atomic E-state index is 0.141. The second kappa shape index (κ2) is 12.0. The smallest absolute Gasteiger partial charge is 0.364 e. The Morgan fingerprint density at radius 3 is 2.43 bits per heavy atom. The van der Waals surface area contributed by atoms with Gasteiger partial charge in [-0.3, -0.25) is 4.57 Å². The number of fused-ring (bicyclic) bond motifs is 1. The van der Waals surface area contributed by atoms with Crippen molar-refractivity contribution < 1.29 is 17.9 Å². The van der Waals surface area contributed by atoms with Crippen LogP contribution < -0.4 is 5.32 Å². The van der Waals surface area contributed by atoms with Gasteiger partial charge in [-0.15, -0.1) is 0 Å². The van der Waals surface area contributed by atoms with Crippen LogP contribution in [-0.4, -0.2) is 35.7 Å². The number of rotatable bonds is 8. The molecule has 1 fully saturated rings. The van der Waals surface area contributed by atoms with Gasteiger partial charge in [0.25, 0.3) is 0 Å². The Morgan fingerprint density at radius 1 is 0.977 bits per heavy atom. The largest absolute Gasteiger partial charge is 0.434 e. The second-order valence-corrected chi connectivity index (χ2v) is 11.8. The van der Waals surface area contributed by atoms with Crippen molar-refractivity contribution in [1.29, 1.82) is 0 Å². The van der Waals surface area contributed by atoms with Crippen molar-refractivity contribution in [3.05, 3.63) is 77.9 Å². The Hall–Kier alpha value is -4.25. The molecule has 230 valence electrons. The van der Waals surface area contributed by atoms with Gasteiger partial charge >= 0.3 is 6.18 Å². The van der Waals surface area contributed by atoms with Crippen LogP contribution in [0.1, 0.15) is 82.0 Å². The van der Waals surface area contributed by atoms with Crippen LogP contribution in [-0.2, 0) is 17.5 Å². The highest BCUT2D eigenvalue weighted by molar-refractivity contribution is 5.86. The number of nitrogens with one attached hydrogen (secondary N) is 1. The van der Waals surface area contributed by atoms with Crippen LogP contribution in [0.4, 0.5) is 19.0 Å². The van der Waals surface area contributed by atoms with Gasteiger partial charge in [0.2, 0.25) is 0 Å². The minimum Gasteiger partial charge on any atom is -0.364 e. The Bertz CT molecular complexity index is 1750. The van der Waals surface area contributed by atoms with E-state index in [2.05, 4.69) is 35.2 Å². The molecule has 1 aliphatic heterocycles. The van der Waals surface area contributed by atoms with Crippen molar-refractivity contribution in [1.82, 2.24) is 29.1 Å². The van der Waals surface area contributed by atoms with Crippen LogP contribution in [0.2, 0.25) is 0 Å². The fourth-order valence-electron chi connectivity index (χ4n) is 5.65. The molecule has 0 spiro atoms. The summed E-state index contributed by atoms with van der Waals surface area (Å²) in [5.41, 5.74) is 4.12. The zero-order valence-corrected chi connectivity index (χ0v) is 25.3. The van der Waals surface area contributed by atoms with Crippen LogP contribution in [0, 0.1) is 0 Å². The van der Waals surface area contributed by atoms with E-state index in [0.29, 0.717) is 36.0 Å². The first kappa shape index (κ1) is 29.8. The Balaban J connectivity index is 1.34. The number of benzene rings is 2. The molecule has 3 aromatic heterocycles. The zero-order chi connectivity index (χ0) is 31.0. The highest BCUT2D eigenvalue weighted by Crippen LogP contribution is 2.35. The molecule has 4 heterocycles. The summed E-state index contributed by atoms with van der Waals surface area (Å²) in [6.45, 7) is 9.09.